The van der Waals surface area contributed by atoms with Crippen LogP contribution in [0.15, 0.2) is 91.0 Å². The third kappa shape index (κ3) is 7.41. The van der Waals surface area contributed by atoms with E-state index in [4.69, 9.17) is 18.9 Å². The topological polar surface area (TPSA) is 57.2 Å². The molecule has 2 aliphatic heterocycles. The van der Waals surface area contributed by atoms with E-state index in [2.05, 4.69) is 54.6 Å². The summed E-state index contributed by atoms with van der Waals surface area (Å²) in [6.07, 6.45) is 3.17. The molecule has 2 bridgehead atoms. The lowest BCUT2D eigenvalue weighted by Gasteiger charge is -2.50. The monoisotopic (exact) mass is 571 g/mol. The number of carbonyl (C=O) groups is 1. The molecule has 3 aromatic carbocycles. The number of fused-ring (bicyclic) bond motifs is 2. The lowest BCUT2D eigenvalue weighted by atomic mass is 9.82. The van der Waals surface area contributed by atoms with Gasteiger partial charge in [0, 0.05) is 7.05 Å². The molecule has 2 saturated heterocycles. The summed E-state index contributed by atoms with van der Waals surface area (Å²) in [6, 6.07) is 30.6. The predicted molar refractivity (Wildman–Crippen MR) is 164 cm³/mol. The first-order chi connectivity index (χ1) is 20.2. The van der Waals surface area contributed by atoms with E-state index in [1.807, 2.05) is 57.2 Å². The van der Waals surface area contributed by atoms with Crippen molar-refractivity contribution >= 4 is 6.09 Å². The molecule has 1 amide bonds. The summed E-state index contributed by atoms with van der Waals surface area (Å²) in [4.78, 5) is 15.1. The Hall–Kier alpha value is -3.19. The number of hydrogen-bond donors (Lipinski definition) is 0. The van der Waals surface area contributed by atoms with Crippen LogP contribution in [0.4, 0.5) is 4.79 Å². The summed E-state index contributed by atoms with van der Waals surface area (Å²) in [5.74, 6) is 0. The number of likely N-dealkylation sites (N-methyl/N-ethyl adjacent to an activating group) is 1. The number of benzene rings is 3. The average Bonchev–Trinajstić information content (AvgIpc) is 3.36. The van der Waals surface area contributed by atoms with E-state index >= 15 is 0 Å². The minimum absolute atomic E-state index is 0.170. The molecule has 6 nitrogen and oxygen atoms in total. The fourth-order valence-electron chi connectivity index (χ4n) is 6.39. The lowest BCUT2D eigenvalue weighted by Crippen LogP contribution is -2.66. The fraction of sp³-hybridized carbons (Fsp3) is 0.472. The number of ether oxygens (including phenoxy) is 4. The molecule has 5 atom stereocenters. The second-order valence-corrected chi connectivity index (χ2v) is 12.7. The quantitative estimate of drug-likeness (QED) is 0.241. The van der Waals surface area contributed by atoms with Crippen LogP contribution in [0.5, 0.6) is 0 Å². The first-order valence-electron chi connectivity index (χ1n) is 15.2. The van der Waals surface area contributed by atoms with Crippen molar-refractivity contribution in [1.82, 2.24) is 4.90 Å². The maximum absolute atomic E-state index is 13.4. The maximum Gasteiger partial charge on any atom is 0.410 e. The first-order valence-corrected chi connectivity index (χ1v) is 15.2. The lowest BCUT2D eigenvalue weighted by molar-refractivity contribution is -0.254. The Morgan fingerprint density at radius 2 is 1.40 bits per heavy atom. The summed E-state index contributed by atoms with van der Waals surface area (Å²) in [6.45, 7) is 6.52. The van der Waals surface area contributed by atoms with Gasteiger partial charge in [-0.15, -0.1) is 0 Å². The zero-order valence-corrected chi connectivity index (χ0v) is 25.4. The summed E-state index contributed by atoms with van der Waals surface area (Å²) in [5, 5.41) is 0. The van der Waals surface area contributed by atoms with Gasteiger partial charge in [0.05, 0.1) is 31.0 Å². The van der Waals surface area contributed by atoms with Gasteiger partial charge in [0.15, 0.2) is 0 Å². The van der Waals surface area contributed by atoms with Crippen molar-refractivity contribution in [1.29, 1.82) is 0 Å². The molecule has 2 heterocycles. The Labute approximate surface area is 250 Å². The smallest absolute Gasteiger partial charge is 0.410 e. The van der Waals surface area contributed by atoms with Crippen LogP contribution in [0.3, 0.4) is 0 Å². The molecule has 224 valence electrons. The molecular weight excluding hydrogens is 526 g/mol. The van der Waals surface area contributed by atoms with Crippen LogP contribution in [0.25, 0.3) is 0 Å². The highest BCUT2D eigenvalue weighted by Gasteiger charge is 2.61. The molecule has 0 radical (unpaired) electrons. The van der Waals surface area contributed by atoms with E-state index in [0.717, 1.165) is 43.2 Å². The van der Waals surface area contributed by atoms with Gasteiger partial charge < -0.3 is 23.8 Å². The molecule has 5 rings (SSSR count). The number of nitrogens with zero attached hydrogens (tertiary/aromatic N) is 1. The summed E-state index contributed by atoms with van der Waals surface area (Å²) >= 11 is 0. The van der Waals surface area contributed by atoms with Crippen molar-refractivity contribution in [3.05, 3.63) is 108 Å². The summed E-state index contributed by atoms with van der Waals surface area (Å²) in [7, 11) is 1.80. The van der Waals surface area contributed by atoms with Gasteiger partial charge in [-0.05, 0) is 69.6 Å². The van der Waals surface area contributed by atoms with E-state index in [9.17, 15) is 4.79 Å². The Kier molecular flexibility index (Phi) is 9.67. The summed E-state index contributed by atoms with van der Waals surface area (Å²) < 4.78 is 26.4. The first kappa shape index (κ1) is 30.3. The highest BCUT2D eigenvalue weighted by molar-refractivity contribution is 5.68. The van der Waals surface area contributed by atoms with E-state index < -0.39 is 17.3 Å². The van der Waals surface area contributed by atoms with Gasteiger partial charge >= 0.3 is 6.09 Å². The van der Waals surface area contributed by atoms with Crippen molar-refractivity contribution in [3.8, 4) is 0 Å². The van der Waals surface area contributed by atoms with Gasteiger partial charge in [0.1, 0.15) is 17.8 Å². The molecule has 0 N–H and O–H groups in total. The largest absolute Gasteiger partial charge is 0.444 e. The molecule has 0 aliphatic carbocycles. The van der Waals surface area contributed by atoms with Gasteiger partial charge in [-0.2, -0.15) is 0 Å². The fourth-order valence-corrected chi connectivity index (χ4v) is 6.39. The average molecular weight is 572 g/mol. The standard InChI is InChI=1S/C36H45NO5/c1-35(2,3)42-34(38)37(4)31-30-22-24-36(41-30,23-14-21-27-15-8-5-9-16-27)33(40-26-29-19-12-7-13-20-29)32(31)39-25-28-17-10-6-11-18-28/h5-13,15-20,30-33H,14,21-26H2,1-4H3/t30-,31+,32-,33-,36+/m1/s1. The molecule has 0 unspecified atom stereocenters. The minimum atomic E-state index is -0.610. The third-order valence-electron chi connectivity index (χ3n) is 8.37. The Bertz CT molecular complexity index is 1260. The molecule has 2 aliphatic rings. The van der Waals surface area contributed by atoms with Gasteiger partial charge in [0.25, 0.3) is 0 Å². The van der Waals surface area contributed by atoms with Crippen LogP contribution < -0.4 is 0 Å². The van der Waals surface area contributed by atoms with Crippen molar-refractivity contribution < 1.29 is 23.7 Å². The van der Waals surface area contributed by atoms with Gasteiger partial charge in [-0.3, -0.25) is 0 Å². The van der Waals surface area contributed by atoms with Crippen molar-refractivity contribution in [3.63, 3.8) is 0 Å². The Balaban J connectivity index is 1.45. The van der Waals surface area contributed by atoms with Crippen LogP contribution in [0, 0.1) is 0 Å². The molecule has 6 heteroatoms. The Morgan fingerprint density at radius 1 is 0.857 bits per heavy atom. The van der Waals surface area contributed by atoms with Crippen molar-refractivity contribution in [2.45, 2.75) is 102 Å². The van der Waals surface area contributed by atoms with Crippen molar-refractivity contribution in [2.75, 3.05) is 7.05 Å². The highest BCUT2D eigenvalue weighted by Crippen LogP contribution is 2.48. The van der Waals surface area contributed by atoms with Crippen LogP contribution in [0.1, 0.15) is 63.1 Å². The molecule has 0 saturated carbocycles. The van der Waals surface area contributed by atoms with Gasteiger partial charge in [-0.25, -0.2) is 4.79 Å². The van der Waals surface area contributed by atoms with Crippen LogP contribution >= 0.6 is 0 Å². The SMILES string of the molecule is CN(C(=O)OC(C)(C)C)[C@@H]1[C@@H](OCc2ccccc2)[C@@H](OCc2ccccc2)[C@]2(CCCc3ccccc3)CC[C@H]1O2. The van der Waals surface area contributed by atoms with E-state index in [0.29, 0.717) is 13.2 Å². The molecule has 0 aromatic heterocycles. The second-order valence-electron chi connectivity index (χ2n) is 12.7. The number of carbonyl (C=O) groups excluding carboxylic acids is 1. The number of rotatable bonds is 11. The predicted octanol–water partition coefficient (Wildman–Crippen LogP) is 7.35. The molecule has 42 heavy (non-hydrogen) atoms. The van der Waals surface area contributed by atoms with E-state index in [1.165, 1.54) is 5.56 Å². The second kappa shape index (κ2) is 13.4. The molecule has 0 spiro atoms. The maximum atomic E-state index is 13.4. The van der Waals surface area contributed by atoms with Gasteiger partial charge in [0.2, 0.25) is 0 Å². The number of amides is 1. The highest BCUT2D eigenvalue weighted by atomic mass is 16.6. The van der Waals surface area contributed by atoms with Gasteiger partial charge in [-0.1, -0.05) is 91.0 Å². The van der Waals surface area contributed by atoms with E-state index in [1.54, 1.807) is 11.9 Å². The third-order valence-corrected chi connectivity index (χ3v) is 8.37. The molecule has 3 aromatic rings. The van der Waals surface area contributed by atoms with Crippen LogP contribution in [-0.4, -0.2) is 53.6 Å². The molecular formula is C36H45NO5. The van der Waals surface area contributed by atoms with Crippen LogP contribution in [-0.2, 0) is 38.6 Å². The summed E-state index contributed by atoms with van der Waals surface area (Å²) in [5.41, 5.74) is 2.38. The van der Waals surface area contributed by atoms with Crippen molar-refractivity contribution in [2.24, 2.45) is 0 Å². The minimum Gasteiger partial charge on any atom is -0.444 e. The normalized spacial score (nSPS) is 25.2. The number of aryl methyl sites for hydroxylation is 1. The Morgan fingerprint density at radius 3 is 1.98 bits per heavy atom. The zero-order valence-electron chi connectivity index (χ0n) is 25.4. The van der Waals surface area contributed by atoms with Crippen LogP contribution in [0.2, 0.25) is 0 Å². The van der Waals surface area contributed by atoms with E-state index in [-0.39, 0.29) is 24.3 Å². The molecule has 2 fully saturated rings. The number of hydrogen-bond acceptors (Lipinski definition) is 5. The zero-order chi connectivity index (χ0) is 29.6.